The predicted octanol–water partition coefficient (Wildman–Crippen LogP) is 2.90. The van der Waals surface area contributed by atoms with E-state index >= 15 is 0 Å². The molecule has 0 saturated heterocycles. The van der Waals surface area contributed by atoms with Gasteiger partial charge in [-0.3, -0.25) is 16.0 Å². The highest BCUT2D eigenvalue weighted by Gasteiger charge is 2.17. The Morgan fingerprint density at radius 1 is 1.48 bits per heavy atom. The molecular weight excluding hydrogens is 359 g/mol. The van der Waals surface area contributed by atoms with Crippen LogP contribution in [0.15, 0.2) is 22.7 Å². The summed E-state index contributed by atoms with van der Waals surface area (Å²) in [5.41, 5.74) is 5.63. The van der Waals surface area contributed by atoms with E-state index in [1.807, 2.05) is 18.7 Å². The molecule has 0 saturated carbocycles. The van der Waals surface area contributed by atoms with Crippen molar-refractivity contribution in [3.8, 4) is 0 Å². The first-order valence-corrected chi connectivity index (χ1v) is 7.67. The number of hydrazine groups is 1. The van der Waals surface area contributed by atoms with Crippen molar-refractivity contribution >= 4 is 27.5 Å². The Morgan fingerprint density at radius 3 is 2.71 bits per heavy atom. The lowest BCUT2D eigenvalue weighted by atomic mass is 10.0. The molecule has 0 fully saturated rings. The molecule has 1 heterocycles. The fourth-order valence-corrected chi connectivity index (χ4v) is 3.02. The van der Waals surface area contributed by atoms with Crippen LogP contribution in [0.4, 0.5) is 4.39 Å². The van der Waals surface area contributed by atoms with Gasteiger partial charge in [0.05, 0.1) is 15.9 Å². The van der Waals surface area contributed by atoms with Crippen LogP contribution in [0.2, 0.25) is 5.02 Å². The Morgan fingerprint density at radius 2 is 2.19 bits per heavy atom. The highest BCUT2D eigenvalue weighted by molar-refractivity contribution is 9.10. The van der Waals surface area contributed by atoms with E-state index in [4.69, 9.17) is 17.4 Å². The number of halogens is 3. The molecule has 0 aliphatic heterocycles. The first-order valence-electron chi connectivity index (χ1n) is 6.50. The van der Waals surface area contributed by atoms with E-state index in [2.05, 4.69) is 26.5 Å². The van der Waals surface area contributed by atoms with Crippen LogP contribution in [0.1, 0.15) is 17.0 Å². The largest absolute Gasteiger partial charge is 0.271 e. The van der Waals surface area contributed by atoms with Crippen LogP contribution < -0.4 is 11.3 Å². The van der Waals surface area contributed by atoms with E-state index in [1.54, 1.807) is 6.07 Å². The van der Waals surface area contributed by atoms with E-state index in [0.717, 1.165) is 21.4 Å². The third-order valence-electron chi connectivity index (χ3n) is 3.42. The maximum Gasteiger partial charge on any atom is 0.124 e. The molecule has 2 aromatic rings. The second-order valence-corrected chi connectivity index (χ2v) is 6.18. The lowest BCUT2D eigenvalue weighted by molar-refractivity contribution is 0.504. The first kappa shape index (κ1) is 16.4. The molecule has 1 aromatic heterocycles. The maximum atomic E-state index is 13.1. The van der Waals surface area contributed by atoms with Crippen LogP contribution >= 0.6 is 27.5 Å². The van der Waals surface area contributed by atoms with E-state index in [1.165, 1.54) is 12.1 Å². The number of hydrogen-bond acceptors (Lipinski definition) is 3. The van der Waals surface area contributed by atoms with E-state index in [0.29, 0.717) is 17.9 Å². The summed E-state index contributed by atoms with van der Waals surface area (Å²) < 4.78 is 15.9. The lowest BCUT2D eigenvalue weighted by Gasteiger charge is -2.17. The van der Waals surface area contributed by atoms with Gasteiger partial charge in [-0.1, -0.05) is 17.7 Å². The number of nitrogens with one attached hydrogen (secondary N) is 1. The number of hydrogen-bond donors (Lipinski definition) is 2. The predicted molar refractivity (Wildman–Crippen MR) is 85.6 cm³/mol. The monoisotopic (exact) mass is 374 g/mol. The van der Waals surface area contributed by atoms with Gasteiger partial charge in [0.25, 0.3) is 0 Å². The van der Waals surface area contributed by atoms with E-state index in [9.17, 15) is 4.39 Å². The van der Waals surface area contributed by atoms with Gasteiger partial charge in [0.15, 0.2) is 0 Å². The third-order valence-corrected chi connectivity index (χ3v) is 4.80. The third kappa shape index (κ3) is 3.83. The minimum absolute atomic E-state index is 0.0286. The number of aryl methyl sites for hydroxylation is 2. The minimum Gasteiger partial charge on any atom is -0.271 e. The van der Waals surface area contributed by atoms with E-state index < -0.39 is 0 Å². The lowest BCUT2D eigenvalue weighted by Crippen LogP contribution is -2.39. The summed E-state index contributed by atoms with van der Waals surface area (Å²) in [5.74, 6) is 5.30. The molecule has 0 aliphatic rings. The van der Waals surface area contributed by atoms with E-state index in [-0.39, 0.29) is 11.9 Å². The van der Waals surface area contributed by atoms with Gasteiger partial charge >= 0.3 is 0 Å². The van der Waals surface area contributed by atoms with Crippen molar-refractivity contribution in [2.24, 2.45) is 12.9 Å². The molecular formula is C14H17BrClFN4. The van der Waals surface area contributed by atoms with Crippen molar-refractivity contribution < 1.29 is 4.39 Å². The summed E-state index contributed by atoms with van der Waals surface area (Å²) in [5, 5.41) is 4.77. The SMILES string of the molecule is Cc1nn(C)c(CC(Cc2ccc(F)cc2Cl)NN)c1Br. The Labute approximate surface area is 136 Å². The molecule has 1 atom stereocenters. The summed E-state index contributed by atoms with van der Waals surface area (Å²) >= 11 is 9.61. The van der Waals surface area contributed by atoms with Crippen LogP contribution in [0, 0.1) is 12.7 Å². The molecule has 4 nitrogen and oxygen atoms in total. The maximum absolute atomic E-state index is 13.1. The van der Waals surface area contributed by atoms with Crippen molar-refractivity contribution in [1.82, 2.24) is 15.2 Å². The molecule has 114 valence electrons. The van der Waals surface area contributed by atoms with Gasteiger partial charge in [-0.2, -0.15) is 5.10 Å². The number of rotatable bonds is 5. The first-order chi connectivity index (χ1) is 9.92. The standard InChI is InChI=1S/C14H17BrClFN4/c1-8-14(15)13(21(2)20-8)7-11(19-18)5-9-3-4-10(17)6-12(9)16/h3-4,6,11,19H,5,7,18H2,1-2H3. The Bertz CT molecular complexity index is 644. The molecule has 0 amide bonds. The Balaban J connectivity index is 2.17. The smallest absolute Gasteiger partial charge is 0.124 e. The molecule has 0 aliphatic carbocycles. The molecule has 2 rings (SSSR count). The molecule has 0 radical (unpaired) electrons. The zero-order valence-electron chi connectivity index (χ0n) is 11.8. The molecule has 21 heavy (non-hydrogen) atoms. The molecule has 0 spiro atoms. The topological polar surface area (TPSA) is 55.9 Å². The molecule has 0 bridgehead atoms. The second-order valence-electron chi connectivity index (χ2n) is 4.98. The van der Waals surface area contributed by atoms with Gasteiger partial charge in [0.2, 0.25) is 0 Å². The summed E-state index contributed by atoms with van der Waals surface area (Å²) in [7, 11) is 1.89. The summed E-state index contributed by atoms with van der Waals surface area (Å²) in [6.45, 7) is 1.94. The van der Waals surface area contributed by atoms with Gasteiger partial charge in [-0.25, -0.2) is 4.39 Å². The number of nitrogens with zero attached hydrogens (tertiary/aromatic N) is 2. The molecule has 1 unspecified atom stereocenters. The fraction of sp³-hybridized carbons (Fsp3) is 0.357. The van der Waals surface area contributed by atoms with Crippen LogP contribution in [-0.4, -0.2) is 15.8 Å². The zero-order valence-corrected chi connectivity index (χ0v) is 14.2. The minimum atomic E-state index is -0.342. The van der Waals surface area contributed by atoms with Gasteiger partial charge < -0.3 is 0 Å². The number of nitrogens with two attached hydrogens (primary N) is 1. The summed E-state index contributed by atoms with van der Waals surface area (Å²) in [6, 6.07) is 4.37. The van der Waals surface area contributed by atoms with Crippen molar-refractivity contribution in [3.63, 3.8) is 0 Å². The molecule has 7 heteroatoms. The average Bonchev–Trinajstić information content (AvgIpc) is 2.67. The number of aromatic nitrogens is 2. The van der Waals surface area contributed by atoms with Crippen molar-refractivity contribution in [3.05, 3.63) is 50.5 Å². The summed E-state index contributed by atoms with van der Waals surface area (Å²) in [4.78, 5) is 0. The Kier molecular flexibility index (Phi) is 5.37. The van der Waals surface area contributed by atoms with Crippen LogP contribution in [0.5, 0.6) is 0 Å². The van der Waals surface area contributed by atoms with Crippen LogP contribution in [0.25, 0.3) is 0 Å². The molecule has 3 N–H and O–H groups in total. The molecule has 1 aromatic carbocycles. The number of benzene rings is 1. The van der Waals surface area contributed by atoms with Gasteiger partial charge in [-0.15, -0.1) is 0 Å². The zero-order chi connectivity index (χ0) is 15.6. The summed E-state index contributed by atoms with van der Waals surface area (Å²) in [6.07, 6.45) is 1.29. The van der Waals surface area contributed by atoms with Crippen molar-refractivity contribution in [2.45, 2.75) is 25.8 Å². The highest BCUT2D eigenvalue weighted by Crippen LogP contribution is 2.24. The van der Waals surface area contributed by atoms with Crippen molar-refractivity contribution in [1.29, 1.82) is 0 Å². The van der Waals surface area contributed by atoms with Gasteiger partial charge in [0.1, 0.15) is 5.82 Å². The second kappa shape index (κ2) is 6.87. The van der Waals surface area contributed by atoms with Crippen molar-refractivity contribution in [2.75, 3.05) is 0 Å². The van der Waals surface area contributed by atoms with Gasteiger partial charge in [-0.05, 0) is 47.0 Å². The Hall–Kier alpha value is -0.950. The quantitative estimate of drug-likeness (QED) is 0.624. The fourth-order valence-electron chi connectivity index (χ4n) is 2.28. The van der Waals surface area contributed by atoms with Crippen LogP contribution in [0.3, 0.4) is 0 Å². The highest BCUT2D eigenvalue weighted by atomic mass is 79.9. The van der Waals surface area contributed by atoms with Crippen LogP contribution in [-0.2, 0) is 19.9 Å². The normalized spacial score (nSPS) is 12.7. The average molecular weight is 376 g/mol. The van der Waals surface area contributed by atoms with Gasteiger partial charge in [0, 0.05) is 24.5 Å².